The Kier molecular flexibility index (Phi) is 11.2. The third kappa shape index (κ3) is 7.65. The quantitative estimate of drug-likeness (QED) is 0.0751. The van der Waals surface area contributed by atoms with Crippen LogP contribution >= 0.6 is 22.7 Å². The highest BCUT2D eigenvalue weighted by molar-refractivity contribution is 7.21. The van der Waals surface area contributed by atoms with Crippen molar-refractivity contribution < 1.29 is 38.1 Å². The van der Waals surface area contributed by atoms with Crippen LogP contribution in [0.15, 0.2) is 36.4 Å². The lowest BCUT2D eigenvalue weighted by Crippen LogP contribution is -2.16. The van der Waals surface area contributed by atoms with Crippen molar-refractivity contribution in [1.82, 2.24) is 0 Å². The summed E-state index contributed by atoms with van der Waals surface area (Å²) in [5, 5.41) is 1.96. The van der Waals surface area contributed by atoms with E-state index in [0.29, 0.717) is 9.75 Å². The summed E-state index contributed by atoms with van der Waals surface area (Å²) in [6.45, 7) is 3.39. The number of rotatable bonds is 15. The smallest absolute Gasteiger partial charge is 0.308 e. The fourth-order valence-corrected chi connectivity index (χ4v) is 7.28. The van der Waals surface area contributed by atoms with Gasteiger partial charge in [-0.05, 0) is 84.0 Å². The molecule has 2 atom stereocenters. The minimum atomic E-state index is -0.492. The molecule has 0 saturated carbocycles. The molecule has 2 aromatic carbocycles. The van der Waals surface area contributed by atoms with Crippen molar-refractivity contribution in [3.05, 3.63) is 57.3 Å². The van der Waals surface area contributed by atoms with Gasteiger partial charge in [0.05, 0.1) is 50.0 Å². The van der Waals surface area contributed by atoms with Gasteiger partial charge in [0.2, 0.25) is 0 Å². The monoisotopic (exact) mass is 638 g/mol. The highest BCUT2D eigenvalue weighted by Crippen LogP contribution is 2.36. The number of hydrogen-bond donors (Lipinski definition) is 0. The molecule has 0 aliphatic heterocycles. The van der Waals surface area contributed by atoms with Crippen LogP contribution < -0.4 is 9.47 Å². The molecule has 2 unspecified atom stereocenters. The van der Waals surface area contributed by atoms with Gasteiger partial charge < -0.3 is 18.9 Å². The van der Waals surface area contributed by atoms with E-state index in [4.69, 9.17) is 18.9 Å². The van der Waals surface area contributed by atoms with E-state index in [0.717, 1.165) is 68.5 Å². The van der Waals surface area contributed by atoms with Crippen molar-refractivity contribution in [1.29, 1.82) is 0 Å². The molecule has 234 valence electrons. The Morgan fingerprint density at radius 1 is 0.614 bits per heavy atom. The van der Waals surface area contributed by atoms with Crippen molar-refractivity contribution in [2.24, 2.45) is 11.8 Å². The molecule has 2 heterocycles. The number of ketones is 2. The highest BCUT2D eigenvalue weighted by Gasteiger charge is 2.22. The molecule has 0 radical (unpaired) electrons. The first-order valence-corrected chi connectivity index (χ1v) is 16.1. The Bertz CT molecular complexity index is 1560. The number of hydrogen-bond acceptors (Lipinski definition) is 10. The molecule has 0 amide bonds. The summed E-state index contributed by atoms with van der Waals surface area (Å²) in [5.41, 5.74) is 2.15. The molecule has 0 saturated heterocycles. The largest absolute Gasteiger partial charge is 0.496 e. The van der Waals surface area contributed by atoms with E-state index < -0.39 is 23.8 Å². The first-order chi connectivity index (χ1) is 21.1. The van der Waals surface area contributed by atoms with Gasteiger partial charge in [-0.1, -0.05) is 13.8 Å². The van der Waals surface area contributed by atoms with Crippen LogP contribution in [-0.2, 0) is 31.9 Å². The van der Waals surface area contributed by atoms with Crippen LogP contribution in [0.2, 0.25) is 0 Å². The van der Waals surface area contributed by atoms with Crippen LogP contribution in [-0.4, -0.2) is 51.9 Å². The molecule has 0 aliphatic carbocycles. The summed E-state index contributed by atoms with van der Waals surface area (Å²) in [4.78, 5) is 50.4. The second kappa shape index (κ2) is 14.8. The summed E-state index contributed by atoms with van der Waals surface area (Å²) in [5.74, 6) is -0.339. The maximum atomic E-state index is 12.8. The van der Waals surface area contributed by atoms with Crippen LogP contribution in [0.3, 0.4) is 0 Å². The van der Waals surface area contributed by atoms with E-state index in [1.54, 1.807) is 28.1 Å². The van der Waals surface area contributed by atoms with Gasteiger partial charge >= 0.3 is 11.9 Å². The average Bonchev–Trinajstić information content (AvgIpc) is 3.64. The van der Waals surface area contributed by atoms with Crippen LogP contribution in [0.1, 0.15) is 70.0 Å². The lowest BCUT2D eigenvalue weighted by atomic mass is 10.00. The number of thiophene rings is 2. The van der Waals surface area contributed by atoms with E-state index in [2.05, 4.69) is 12.1 Å². The number of carbonyl (C=O) groups is 4. The average molecular weight is 639 g/mol. The van der Waals surface area contributed by atoms with Gasteiger partial charge in [-0.2, -0.15) is 0 Å². The van der Waals surface area contributed by atoms with E-state index in [-0.39, 0.29) is 24.4 Å². The molecule has 0 bridgehead atoms. The molecule has 0 fully saturated rings. The van der Waals surface area contributed by atoms with Crippen molar-refractivity contribution in [2.75, 3.05) is 28.4 Å². The van der Waals surface area contributed by atoms with E-state index >= 15 is 0 Å². The molecule has 4 rings (SSSR count). The number of Topliss-reactive ketones (excluding diaryl/α,β-unsaturated/α-hetero) is 2. The summed E-state index contributed by atoms with van der Waals surface area (Å²) in [6.07, 6.45) is 3.64. The van der Waals surface area contributed by atoms with Crippen LogP contribution in [0.25, 0.3) is 20.2 Å². The van der Waals surface area contributed by atoms with Gasteiger partial charge in [-0.25, -0.2) is 0 Å². The Hall–Kier alpha value is -3.76. The summed E-state index contributed by atoms with van der Waals surface area (Å²) in [6, 6.07) is 11.9. The number of ether oxygens (including phenoxy) is 4. The van der Waals surface area contributed by atoms with Crippen molar-refractivity contribution in [3.8, 4) is 11.5 Å². The van der Waals surface area contributed by atoms with E-state index in [1.807, 2.05) is 24.3 Å². The zero-order chi connectivity index (χ0) is 32.0. The molecule has 0 N–H and O–H groups in total. The number of unbranched alkanes of at least 4 members (excludes halogenated alkanes) is 1. The topological polar surface area (TPSA) is 105 Å². The van der Waals surface area contributed by atoms with Gasteiger partial charge in [0.25, 0.3) is 0 Å². The van der Waals surface area contributed by atoms with Gasteiger partial charge in [0.1, 0.15) is 11.5 Å². The molecule has 2 aromatic heterocycles. The normalized spacial score (nSPS) is 12.6. The summed E-state index contributed by atoms with van der Waals surface area (Å²) in [7, 11) is 5.95. The first-order valence-electron chi connectivity index (χ1n) is 14.5. The Morgan fingerprint density at radius 2 is 1.00 bits per heavy atom. The molecular formula is C34H38O8S2. The molecule has 0 aliphatic rings. The third-order valence-corrected chi connectivity index (χ3v) is 10.00. The summed E-state index contributed by atoms with van der Waals surface area (Å²) >= 11 is 2.81. The maximum absolute atomic E-state index is 12.8. The lowest BCUT2D eigenvalue weighted by molar-refractivity contribution is -0.145. The Labute approximate surface area is 265 Å². The minimum Gasteiger partial charge on any atom is -0.496 e. The maximum Gasteiger partial charge on any atom is 0.308 e. The fraction of sp³-hybridized carbons (Fsp3) is 0.412. The molecular weight excluding hydrogens is 601 g/mol. The van der Waals surface area contributed by atoms with Gasteiger partial charge in [-0.3, -0.25) is 19.2 Å². The zero-order valence-electron chi connectivity index (χ0n) is 25.9. The second-order valence-electron chi connectivity index (χ2n) is 10.9. The van der Waals surface area contributed by atoms with Gasteiger partial charge in [0, 0.05) is 22.2 Å². The Morgan fingerprint density at radius 3 is 1.34 bits per heavy atom. The lowest BCUT2D eigenvalue weighted by Gasteiger charge is -2.11. The number of methoxy groups -OCH3 is 4. The predicted octanol–water partition coefficient (Wildman–Crippen LogP) is 7.46. The number of aryl methyl sites for hydroxylation is 2. The van der Waals surface area contributed by atoms with Crippen LogP contribution in [0.5, 0.6) is 11.5 Å². The number of fused-ring (bicyclic) bond motifs is 2. The number of carbonyl (C=O) groups excluding carboxylic acids is 4. The van der Waals surface area contributed by atoms with Crippen molar-refractivity contribution >= 4 is 66.4 Å². The van der Waals surface area contributed by atoms with Crippen LogP contribution in [0.4, 0.5) is 0 Å². The summed E-state index contributed by atoms with van der Waals surface area (Å²) < 4.78 is 22.8. The van der Waals surface area contributed by atoms with E-state index in [1.165, 1.54) is 36.9 Å². The SMILES string of the molecule is COC(=O)C(C)CC(=O)c1cc2cc(CCCCc3cc4cc(C(=O)CC(C)C(=O)OC)sc4cc3OC)c(OC)cc2s1. The molecule has 4 aromatic rings. The fourth-order valence-electron chi connectivity index (χ4n) is 5.23. The molecule has 8 nitrogen and oxygen atoms in total. The van der Waals surface area contributed by atoms with Gasteiger partial charge in [0.15, 0.2) is 11.6 Å². The third-order valence-electron chi connectivity index (χ3n) is 7.72. The minimum absolute atomic E-state index is 0.0756. The molecule has 10 heteroatoms. The molecule has 44 heavy (non-hydrogen) atoms. The number of esters is 2. The standard InChI is InChI=1S/C34H38O8S2/c1-19(33(37)41-5)11-25(35)31-15-23-13-21(27(39-3)17-29(23)43-31)9-7-8-10-22-14-24-16-32(44-30(24)18-28(22)40-4)26(36)12-20(2)34(38)42-6/h13-20H,7-12H2,1-6H3. The Balaban J connectivity index is 1.42. The van der Waals surface area contributed by atoms with Crippen molar-refractivity contribution in [2.45, 2.75) is 52.4 Å². The number of benzene rings is 2. The first kappa shape index (κ1) is 33.1. The van der Waals surface area contributed by atoms with Gasteiger partial charge in [-0.15, -0.1) is 22.7 Å². The highest BCUT2D eigenvalue weighted by atomic mass is 32.1. The molecule has 0 spiro atoms. The predicted molar refractivity (Wildman–Crippen MR) is 174 cm³/mol. The van der Waals surface area contributed by atoms with Crippen LogP contribution in [0, 0.1) is 11.8 Å². The van der Waals surface area contributed by atoms with Crippen molar-refractivity contribution in [3.63, 3.8) is 0 Å². The second-order valence-corrected chi connectivity index (χ2v) is 13.1. The van der Waals surface area contributed by atoms with E-state index in [9.17, 15) is 19.2 Å². The zero-order valence-corrected chi connectivity index (χ0v) is 27.6.